The lowest BCUT2D eigenvalue weighted by atomic mass is 10.6. The van der Waals surface area contributed by atoms with Gasteiger partial charge in [-0.2, -0.15) is 0 Å². The molecule has 0 fully saturated rings. The monoisotopic (exact) mass is 1040 g/mol. The molecular formula is C48H96O23. The van der Waals surface area contributed by atoms with Gasteiger partial charge in [-0.1, -0.05) is 6.08 Å². The van der Waals surface area contributed by atoms with E-state index in [1.165, 1.54) is 0 Å². The zero-order valence-corrected chi connectivity index (χ0v) is 43.5. The Balaban J connectivity index is 3.07. The van der Waals surface area contributed by atoms with Crippen molar-refractivity contribution >= 4 is 0 Å². The van der Waals surface area contributed by atoms with Gasteiger partial charge in [0, 0.05) is 7.11 Å². The summed E-state index contributed by atoms with van der Waals surface area (Å²) in [6.07, 6.45) is 1.71. The minimum Gasteiger partial charge on any atom is -0.382 e. The Hall–Kier alpha value is -1.18. The Kier molecular flexibility index (Phi) is 67.7. The summed E-state index contributed by atoms with van der Waals surface area (Å²) >= 11 is 0. The van der Waals surface area contributed by atoms with Crippen LogP contribution in [0.4, 0.5) is 0 Å². The summed E-state index contributed by atoms with van der Waals surface area (Å²) in [5.74, 6) is 0. The standard InChI is InChI=1S/C48H96O23/c1-3-4-50-7-8-52-11-12-54-15-16-56-19-20-58-23-24-60-27-28-62-31-32-64-35-36-66-39-40-68-43-44-70-47-48-71-46-45-69-42-41-67-38-37-65-34-33-63-30-29-61-26-25-59-22-21-57-18-17-55-14-13-53-10-9-51-6-5-49-2/h3H,1,4-48H2,2H3. The predicted molar refractivity (Wildman–Crippen MR) is 260 cm³/mol. The van der Waals surface area contributed by atoms with Crippen molar-refractivity contribution in [2.45, 2.75) is 0 Å². The quantitative estimate of drug-likeness (QED) is 0.0618. The third-order valence-electron chi connectivity index (χ3n) is 8.48. The first-order chi connectivity index (χ1) is 35.4. The van der Waals surface area contributed by atoms with Gasteiger partial charge in [0.05, 0.1) is 297 Å². The summed E-state index contributed by atoms with van der Waals surface area (Å²) in [7, 11) is 1.64. The van der Waals surface area contributed by atoms with Crippen molar-refractivity contribution < 1.29 is 109 Å². The van der Waals surface area contributed by atoms with Crippen molar-refractivity contribution in [3.63, 3.8) is 0 Å². The lowest BCUT2D eigenvalue weighted by molar-refractivity contribution is -0.0318. The second-order valence-electron chi connectivity index (χ2n) is 14.2. The van der Waals surface area contributed by atoms with E-state index in [-0.39, 0.29) is 0 Å². The van der Waals surface area contributed by atoms with Gasteiger partial charge in [-0.05, 0) is 0 Å². The van der Waals surface area contributed by atoms with Gasteiger partial charge in [0.1, 0.15) is 0 Å². The van der Waals surface area contributed by atoms with E-state index in [1.807, 2.05) is 0 Å². The number of methoxy groups -OCH3 is 1. The molecule has 0 aromatic heterocycles. The average molecular weight is 1040 g/mol. The number of hydrogen-bond donors (Lipinski definition) is 0. The molecule has 0 saturated carbocycles. The van der Waals surface area contributed by atoms with Crippen LogP contribution in [-0.4, -0.2) is 304 Å². The van der Waals surface area contributed by atoms with E-state index in [2.05, 4.69) is 6.58 Å². The smallest absolute Gasteiger partial charge is 0.0704 e. The highest BCUT2D eigenvalue weighted by molar-refractivity contribution is 4.63. The molecular weight excluding hydrogens is 945 g/mol. The van der Waals surface area contributed by atoms with Gasteiger partial charge >= 0.3 is 0 Å². The summed E-state index contributed by atoms with van der Waals surface area (Å²) in [6, 6.07) is 0. The van der Waals surface area contributed by atoms with Gasteiger partial charge < -0.3 is 109 Å². The van der Waals surface area contributed by atoms with E-state index >= 15 is 0 Å². The zero-order chi connectivity index (χ0) is 50.8. The Bertz CT molecular complexity index is 936. The van der Waals surface area contributed by atoms with Crippen molar-refractivity contribution in [2.75, 3.05) is 304 Å². The molecule has 23 nitrogen and oxygen atoms in total. The van der Waals surface area contributed by atoms with E-state index in [1.54, 1.807) is 13.2 Å². The van der Waals surface area contributed by atoms with Crippen LogP contribution in [0.15, 0.2) is 12.7 Å². The fourth-order valence-electron chi connectivity index (χ4n) is 4.93. The molecule has 71 heavy (non-hydrogen) atoms. The van der Waals surface area contributed by atoms with Crippen molar-refractivity contribution in [3.05, 3.63) is 12.7 Å². The van der Waals surface area contributed by atoms with E-state index < -0.39 is 0 Å². The minimum absolute atomic E-state index is 0.489. The Morgan fingerprint density at radius 2 is 0.268 bits per heavy atom. The Labute approximate surface area is 425 Å². The van der Waals surface area contributed by atoms with Crippen LogP contribution in [0.5, 0.6) is 0 Å². The van der Waals surface area contributed by atoms with E-state index in [9.17, 15) is 0 Å². The summed E-state index contributed by atoms with van der Waals surface area (Å²) < 4.78 is 125. The van der Waals surface area contributed by atoms with Gasteiger partial charge in [-0.25, -0.2) is 0 Å². The normalized spacial score (nSPS) is 11.7. The summed E-state index contributed by atoms with van der Waals surface area (Å²) in [5.41, 5.74) is 0. The predicted octanol–water partition coefficient (Wildman–Crippen LogP) is 1.18. The molecule has 0 radical (unpaired) electrons. The first-order valence-electron chi connectivity index (χ1n) is 25.2. The highest BCUT2D eigenvalue weighted by Crippen LogP contribution is 1.90. The van der Waals surface area contributed by atoms with Crippen LogP contribution in [0.1, 0.15) is 0 Å². The molecule has 23 heteroatoms. The Morgan fingerprint density at radius 1 is 0.169 bits per heavy atom. The second kappa shape index (κ2) is 68.8. The maximum absolute atomic E-state index is 5.52. The lowest BCUT2D eigenvalue weighted by Gasteiger charge is -2.09. The zero-order valence-electron chi connectivity index (χ0n) is 43.5. The molecule has 0 unspecified atom stereocenters. The molecule has 0 aromatic carbocycles. The molecule has 0 N–H and O–H groups in total. The highest BCUT2D eigenvalue weighted by atomic mass is 16.6. The maximum Gasteiger partial charge on any atom is 0.0704 e. The van der Waals surface area contributed by atoms with Gasteiger partial charge in [0.15, 0.2) is 0 Å². The molecule has 0 aromatic rings. The van der Waals surface area contributed by atoms with Gasteiger partial charge in [-0.15, -0.1) is 6.58 Å². The summed E-state index contributed by atoms with van der Waals surface area (Å²) in [4.78, 5) is 0. The van der Waals surface area contributed by atoms with Crippen LogP contribution in [0, 0.1) is 0 Å². The summed E-state index contributed by atoms with van der Waals surface area (Å²) in [5, 5.41) is 0. The van der Waals surface area contributed by atoms with Crippen molar-refractivity contribution in [1.29, 1.82) is 0 Å². The van der Waals surface area contributed by atoms with Crippen LogP contribution >= 0.6 is 0 Å². The van der Waals surface area contributed by atoms with Crippen molar-refractivity contribution in [2.24, 2.45) is 0 Å². The van der Waals surface area contributed by atoms with E-state index in [0.29, 0.717) is 297 Å². The van der Waals surface area contributed by atoms with Crippen LogP contribution in [0.2, 0.25) is 0 Å². The molecule has 0 amide bonds. The molecule has 0 aliphatic carbocycles. The van der Waals surface area contributed by atoms with Crippen molar-refractivity contribution in [3.8, 4) is 0 Å². The fraction of sp³-hybridized carbons (Fsp3) is 0.958. The molecule has 0 aliphatic rings. The molecule has 0 saturated heterocycles. The first-order valence-corrected chi connectivity index (χ1v) is 25.2. The van der Waals surface area contributed by atoms with Crippen LogP contribution in [0.25, 0.3) is 0 Å². The van der Waals surface area contributed by atoms with Crippen LogP contribution in [0.3, 0.4) is 0 Å². The van der Waals surface area contributed by atoms with Gasteiger partial charge in [0.25, 0.3) is 0 Å². The van der Waals surface area contributed by atoms with Crippen molar-refractivity contribution in [1.82, 2.24) is 0 Å². The Morgan fingerprint density at radius 3 is 0.366 bits per heavy atom. The molecule has 0 atom stereocenters. The number of hydrogen-bond acceptors (Lipinski definition) is 23. The summed E-state index contributed by atoms with van der Waals surface area (Å²) in [6.45, 7) is 26.5. The first kappa shape index (κ1) is 69.8. The van der Waals surface area contributed by atoms with Gasteiger partial charge in [-0.3, -0.25) is 0 Å². The molecule has 0 aliphatic heterocycles. The molecule has 0 bridgehead atoms. The molecule has 0 heterocycles. The largest absolute Gasteiger partial charge is 0.382 e. The van der Waals surface area contributed by atoms with E-state index in [4.69, 9.17) is 109 Å². The van der Waals surface area contributed by atoms with Gasteiger partial charge in [0.2, 0.25) is 0 Å². The lowest BCUT2D eigenvalue weighted by Crippen LogP contribution is -2.16. The van der Waals surface area contributed by atoms with Crippen LogP contribution in [-0.2, 0) is 109 Å². The third kappa shape index (κ3) is 68.8. The maximum atomic E-state index is 5.52. The number of rotatable bonds is 68. The minimum atomic E-state index is 0.489. The third-order valence-corrected chi connectivity index (χ3v) is 8.48. The SMILES string of the molecule is C=CCOCCOCCOCCOCCOCCOCCOCCOCCOCCOCCOCCOCCOCCOCCOCCOCCOCCOCCOCCOCCOCCOCCOC. The second-order valence-corrected chi connectivity index (χ2v) is 14.2. The highest BCUT2D eigenvalue weighted by Gasteiger charge is 2.00. The number of ether oxygens (including phenoxy) is 23. The van der Waals surface area contributed by atoms with Crippen LogP contribution < -0.4 is 0 Å². The molecule has 0 spiro atoms. The topological polar surface area (TPSA) is 212 Å². The van der Waals surface area contributed by atoms with E-state index in [0.717, 1.165) is 0 Å². The molecule has 426 valence electrons. The molecule has 0 rings (SSSR count). The fourth-order valence-corrected chi connectivity index (χ4v) is 4.93. The average Bonchev–Trinajstić information content (AvgIpc) is 3.38.